The number of piperazine rings is 1. The van der Waals surface area contributed by atoms with Gasteiger partial charge >= 0.3 is 0 Å². The fraction of sp³-hybridized carbons (Fsp3) is 0.556. The summed E-state index contributed by atoms with van der Waals surface area (Å²) in [5.41, 5.74) is 0.641. The first kappa shape index (κ1) is 17.5. The predicted molar refractivity (Wildman–Crippen MR) is 89.8 cm³/mol. The number of rotatable bonds is 6. The van der Waals surface area contributed by atoms with Gasteiger partial charge in [0.2, 0.25) is 5.91 Å². The average molecular weight is 318 g/mol. The SMILES string of the molecule is CC(=O)c1cccc(OCCCC(=O)N2CCNC(C)C2C)c1. The number of carbonyl (C=O) groups is 2. The molecule has 0 radical (unpaired) electrons. The molecule has 2 atom stereocenters. The summed E-state index contributed by atoms with van der Waals surface area (Å²) in [6.07, 6.45) is 1.16. The summed E-state index contributed by atoms with van der Waals surface area (Å²) in [5, 5.41) is 3.37. The van der Waals surface area contributed by atoms with Gasteiger partial charge in [-0.3, -0.25) is 9.59 Å². The highest BCUT2D eigenvalue weighted by molar-refractivity contribution is 5.94. The molecule has 0 aromatic heterocycles. The third kappa shape index (κ3) is 4.79. The largest absolute Gasteiger partial charge is 0.494 e. The van der Waals surface area contributed by atoms with Gasteiger partial charge in [-0.25, -0.2) is 0 Å². The Kier molecular flexibility index (Phi) is 6.16. The molecule has 0 spiro atoms. The van der Waals surface area contributed by atoms with Crippen LogP contribution in [0.3, 0.4) is 0 Å². The molecular formula is C18H26N2O3. The number of ketones is 1. The highest BCUT2D eigenvalue weighted by atomic mass is 16.5. The molecular weight excluding hydrogens is 292 g/mol. The molecule has 1 aliphatic heterocycles. The molecule has 1 aromatic rings. The summed E-state index contributed by atoms with van der Waals surface area (Å²) >= 11 is 0. The lowest BCUT2D eigenvalue weighted by Gasteiger charge is -2.38. The molecule has 0 aliphatic carbocycles. The highest BCUT2D eigenvalue weighted by Crippen LogP contribution is 2.15. The summed E-state index contributed by atoms with van der Waals surface area (Å²) in [4.78, 5) is 25.6. The van der Waals surface area contributed by atoms with E-state index in [9.17, 15) is 9.59 Å². The summed E-state index contributed by atoms with van der Waals surface area (Å²) in [6.45, 7) is 7.82. The van der Waals surface area contributed by atoms with E-state index in [-0.39, 0.29) is 17.7 Å². The fourth-order valence-electron chi connectivity index (χ4n) is 2.77. The summed E-state index contributed by atoms with van der Waals surface area (Å²) < 4.78 is 5.65. The number of hydrogen-bond donors (Lipinski definition) is 1. The molecule has 1 fully saturated rings. The van der Waals surface area contributed by atoms with Gasteiger partial charge in [0, 0.05) is 37.2 Å². The van der Waals surface area contributed by atoms with E-state index < -0.39 is 0 Å². The Morgan fingerprint density at radius 3 is 2.87 bits per heavy atom. The molecule has 2 unspecified atom stereocenters. The lowest BCUT2D eigenvalue weighted by molar-refractivity contribution is -0.135. The predicted octanol–water partition coefficient (Wildman–Crippen LogP) is 2.26. The highest BCUT2D eigenvalue weighted by Gasteiger charge is 2.27. The van der Waals surface area contributed by atoms with Crippen LogP contribution in [-0.4, -0.2) is 48.4 Å². The zero-order valence-electron chi connectivity index (χ0n) is 14.2. The van der Waals surface area contributed by atoms with Gasteiger partial charge in [-0.05, 0) is 39.3 Å². The van der Waals surface area contributed by atoms with Gasteiger partial charge in [-0.15, -0.1) is 0 Å². The molecule has 0 bridgehead atoms. The lowest BCUT2D eigenvalue weighted by atomic mass is 10.1. The minimum absolute atomic E-state index is 0.0208. The first-order valence-corrected chi connectivity index (χ1v) is 8.25. The van der Waals surface area contributed by atoms with Crippen molar-refractivity contribution in [2.75, 3.05) is 19.7 Å². The summed E-state index contributed by atoms with van der Waals surface area (Å²) in [5.74, 6) is 0.883. The van der Waals surface area contributed by atoms with Crippen molar-refractivity contribution in [1.82, 2.24) is 10.2 Å². The van der Waals surface area contributed by atoms with Crippen molar-refractivity contribution in [1.29, 1.82) is 0 Å². The summed E-state index contributed by atoms with van der Waals surface area (Å²) in [7, 11) is 0. The van der Waals surface area contributed by atoms with Crippen LogP contribution in [-0.2, 0) is 4.79 Å². The maximum absolute atomic E-state index is 12.3. The summed E-state index contributed by atoms with van der Waals surface area (Å²) in [6, 6.07) is 7.70. The van der Waals surface area contributed by atoms with E-state index in [4.69, 9.17) is 4.74 Å². The monoisotopic (exact) mass is 318 g/mol. The van der Waals surface area contributed by atoms with Crippen LogP contribution >= 0.6 is 0 Å². The number of carbonyl (C=O) groups excluding carboxylic acids is 2. The molecule has 1 N–H and O–H groups in total. The van der Waals surface area contributed by atoms with Gasteiger partial charge in [0.1, 0.15) is 5.75 Å². The van der Waals surface area contributed by atoms with Gasteiger partial charge in [0.05, 0.1) is 6.61 Å². The molecule has 0 saturated carbocycles. The fourth-order valence-corrected chi connectivity index (χ4v) is 2.77. The Bertz CT molecular complexity index is 559. The van der Waals surface area contributed by atoms with Crippen molar-refractivity contribution in [3.63, 3.8) is 0 Å². The number of Topliss-reactive ketones (excluding diaryl/α,β-unsaturated/α-hetero) is 1. The minimum atomic E-state index is 0.0208. The normalized spacial score (nSPS) is 21.1. The third-order valence-electron chi connectivity index (χ3n) is 4.40. The Morgan fingerprint density at radius 1 is 1.35 bits per heavy atom. The molecule has 1 aromatic carbocycles. The van der Waals surface area contributed by atoms with E-state index in [1.54, 1.807) is 18.2 Å². The van der Waals surface area contributed by atoms with Gasteiger partial charge in [-0.2, -0.15) is 0 Å². The molecule has 1 aliphatic rings. The molecule has 126 valence electrons. The van der Waals surface area contributed by atoms with Crippen molar-refractivity contribution >= 4 is 11.7 Å². The minimum Gasteiger partial charge on any atom is -0.494 e. The van der Waals surface area contributed by atoms with E-state index in [0.29, 0.717) is 36.8 Å². The van der Waals surface area contributed by atoms with E-state index >= 15 is 0 Å². The number of ether oxygens (including phenoxy) is 1. The first-order chi connectivity index (χ1) is 11.0. The molecule has 1 saturated heterocycles. The van der Waals surface area contributed by atoms with Crippen LogP contribution in [0.5, 0.6) is 5.75 Å². The Balaban J connectivity index is 1.76. The Labute approximate surface area is 138 Å². The molecule has 1 heterocycles. The topological polar surface area (TPSA) is 58.6 Å². The molecule has 23 heavy (non-hydrogen) atoms. The standard InChI is InChI=1S/C18H26N2O3/c1-13-14(2)20(10-9-19-13)18(22)8-5-11-23-17-7-4-6-16(12-17)15(3)21/h4,6-7,12-14,19H,5,8-11H2,1-3H3. The first-order valence-electron chi connectivity index (χ1n) is 8.25. The van der Waals surface area contributed by atoms with Gasteiger partial charge in [0.15, 0.2) is 5.78 Å². The van der Waals surface area contributed by atoms with E-state index in [1.807, 2.05) is 11.0 Å². The number of amides is 1. The van der Waals surface area contributed by atoms with Gasteiger partial charge < -0.3 is 15.0 Å². The Morgan fingerprint density at radius 2 is 2.13 bits per heavy atom. The zero-order chi connectivity index (χ0) is 16.8. The lowest BCUT2D eigenvalue weighted by Crippen LogP contribution is -2.57. The van der Waals surface area contributed by atoms with Gasteiger partial charge in [0.25, 0.3) is 0 Å². The quantitative estimate of drug-likeness (QED) is 0.646. The van der Waals surface area contributed by atoms with Crippen molar-refractivity contribution in [2.45, 2.75) is 45.7 Å². The van der Waals surface area contributed by atoms with E-state index in [0.717, 1.165) is 13.1 Å². The Hall–Kier alpha value is -1.88. The van der Waals surface area contributed by atoms with E-state index in [2.05, 4.69) is 19.2 Å². The molecule has 2 rings (SSSR count). The van der Waals surface area contributed by atoms with Crippen molar-refractivity contribution in [2.24, 2.45) is 0 Å². The molecule has 5 nitrogen and oxygen atoms in total. The third-order valence-corrected chi connectivity index (χ3v) is 4.40. The number of hydrogen-bond acceptors (Lipinski definition) is 4. The van der Waals surface area contributed by atoms with Crippen LogP contribution in [0.1, 0.15) is 44.0 Å². The van der Waals surface area contributed by atoms with Crippen molar-refractivity contribution in [3.8, 4) is 5.75 Å². The van der Waals surface area contributed by atoms with Crippen LogP contribution in [0.25, 0.3) is 0 Å². The van der Waals surface area contributed by atoms with Crippen LogP contribution in [0, 0.1) is 0 Å². The second kappa shape index (κ2) is 8.11. The second-order valence-corrected chi connectivity index (χ2v) is 6.11. The van der Waals surface area contributed by atoms with Crippen LogP contribution in [0.2, 0.25) is 0 Å². The smallest absolute Gasteiger partial charge is 0.223 e. The van der Waals surface area contributed by atoms with E-state index in [1.165, 1.54) is 6.92 Å². The van der Waals surface area contributed by atoms with Gasteiger partial charge in [-0.1, -0.05) is 12.1 Å². The molecule has 1 amide bonds. The number of nitrogens with zero attached hydrogens (tertiary/aromatic N) is 1. The van der Waals surface area contributed by atoms with Crippen molar-refractivity contribution in [3.05, 3.63) is 29.8 Å². The second-order valence-electron chi connectivity index (χ2n) is 6.11. The number of nitrogens with one attached hydrogen (secondary N) is 1. The zero-order valence-corrected chi connectivity index (χ0v) is 14.2. The number of benzene rings is 1. The average Bonchev–Trinajstić information content (AvgIpc) is 2.54. The van der Waals surface area contributed by atoms with Crippen LogP contribution < -0.4 is 10.1 Å². The van der Waals surface area contributed by atoms with Crippen LogP contribution in [0.15, 0.2) is 24.3 Å². The maximum Gasteiger partial charge on any atom is 0.223 e. The maximum atomic E-state index is 12.3. The van der Waals surface area contributed by atoms with Crippen LogP contribution in [0.4, 0.5) is 0 Å². The van der Waals surface area contributed by atoms with Crippen molar-refractivity contribution < 1.29 is 14.3 Å². The molecule has 5 heteroatoms.